The van der Waals surface area contributed by atoms with Crippen LogP contribution in [0.2, 0.25) is 0 Å². The first-order chi connectivity index (χ1) is 39.1. The molecule has 8 aliphatic rings. The van der Waals surface area contributed by atoms with Crippen molar-refractivity contribution in [2.45, 2.75) is 297 Å². The summed E-state index contributed by atoms with van der Waals surface area (Å²) in [6.07, 6.45) is 21.4. The molecule has 4 unspecified atom stereocenters. The number of rotatable bonds is 20. The van der Waals surface area contributed by atoms with Gasteiger partial charge in [-0.25, -0.2) is 4.79 Å². The molecule has 0 aliphatic carbocycles. The maximum atomic E-state index is 11.7. The fourth-order valence-electron chi connectivity index (χ4n) is 14.4. The third-order valence-electron chi connectivity index (χ3n) is 20.1. The van der Waals surface area contributed by atoms with Crippen LogP contribution in [-0.2, 0) is 57.0 Å². The largest absolute Gasteiger partial charge is 0.466 e. The molecule has 0 spiro atoms. The number of carbonyl (C=O) groups is 2. The van der Waals surface area contributed by atoms with Crippen LogP contribution >= 0.6 is 0 Å². The summed E-state index contributed by atoms with van der Waals surface area (Å²) in [5, 5.41) is 9.42. The van der Waals surface area contributed by atoms with E-state index in [0.29, 0.717) is 79.2 Å². The molecule has 82 heavy (non-hydrogen) atoms. The van der Waals surface area contributed by atoms with Gasteiger partial charge in [0.25, 0.3) is 0 Å². The molecule has 0 aromatic carbocycles. The van der Waals surface area contributed by atoms with Crippen molar-refractivity contribution in [2.75, 3.05) is 19.8 Å². The Labute approximate surface area is 496 Å². The van der Waals surface area contributed by atoms with Crippen LogP contribution in [0.4, 0.5) is 0 Å². The molecule has 24 atom stereocenters. The molecule has 8 fully saturated rings. The molecular weight excluding hydrogens is 1040 g/mol. The van der Waals surface area contributed by atoms with Crippen molar-refractivity contribution < 1.29 is 62.1 Å². The lowest BCUT2D eigenvalue weighted by Gasteiger charge is -2.51. The van der Waals surface area contributed by atoms with E-state index >= 15 is 0 Å². The van der Waals surface area contributed by atoms with E-state index in [0.717, 1.165) is 107 Å². The van der Waals surface area contributed by atoms with Gasteiger partial charge in [-0.2, -0.15) is 0 Å². The highest BCUT2D eigenvalue weighted by atomic mass is 16.6. The summed E-state index contributed by atoms with van der Waals surface area (Å²) >= 11 is 0. The van der Waals surface area contributed by atoms with Crippen LogP contribution in [0.25, 0.3) is 0 Å². The van der Waals surface area contributed by atoms with Crippen LogP contribution in [0.15, 0.2) is 60.8 Å². The molecule has 13 nitrogen and oxygen atoms in total. The lowest BCUT2D eigenvalue weighted by Crippen LogP contribution is -2.56. The van der Waals surface area contributed by atoms with Gasteiger partial charge in [-0.1, -0.05) is 115 Å². The molecule has 8 rings (SSSR count). The van der Waals surface area contributed by atoms with E-state index < -0.39 is 0 Å². The number of aliphatic hydroxyl groups is 1. The minimum absolute atomic E-state index is 0.00711. The highest BCUT2D eigenvalue weighted by Gasteiger charge is 2.50. The monoisotopic (exact) mass is 1150 g/mol. The predicted octanol–water partition coefficient (Wildman–Crippen LogP) is 13.8. The molecule has 0 saturated carbocycles. The molecule has 0 aromatic rings. The molecule has 0 radical (unpaired) electrons. The van der Waals surface area contributed by atoms with Crippen LogP contribution in [0.3, 0.4) is 0 Å². The minimum Gasteiger partial charge on any atom is -0.466 e. The second-order valence-electron chi connectivity index (χ2n) is 26.3. The number of ether oxygens (including phenoxy) is 10. The molecule has 0 bridgehead atoms. The Bertz CT molecular complexity index is 2070. The average Bonchev–Trinajstić information content (AvgIpc) is 4.15. The lowest BCUT2D eigenvalue weighted by atomic mass is 9.74. The Morgan fingerprint density at radius 3 is 1.38 bits per heavy atom. The van der Waals surface area contributed by atoms with Crippen LogP contribution in [-0.4, -0.2) is 135 Å². The Morgan fingerprint density at radius 1 is 0.512 bits per heavy atom. The van der Waals surface area contributed by atoms with E-state index in [1.54, 1.807) is 26.8 Å². The van der Waals surface area contributed by atoms with Crippen LogP contribution < -0.4 is 0 Å². The van der Waals surface area contributed by atoms with Crippen molar-refractivity contribution >= 4 is 11.9 Å². The number of fused-ring (bicyclic) bond motifs is 2. The molecule has 0 amide bonds. The van der Waals surface area contributed by atoms with Gasteiger partial charge in [0.1, 0.15) is 0 Å². The maximum absolute atomic E-state index is 11.7. The summed E-state index contributed by atoms with van der Waals surface area (Å²) in [5.41, 5.74) is 4.60. The SMILES string of the molecule is C=C1C[C@H](/C=C/C(=O)OCC)OC1CC[C@H]1C[C@@H](C)C(=C)C(C[C@@H]2O[C@H]3C[C@@H](C)[C@@H](CCC)O[C@H]3[C@H](C)[C@H]2C)O1.C=C1C[C@H](CO)OC1CC[C@H]1C[C@@H](C)C(=C)C(C[C@@H]2O[C@H]3C[C@@H](C)[C@@H](CCC)O[C@H]3[C@H](C)[C@H]2C)O1.CCOC(=O)CC. The van der Waals surface area contributed by atoms with Gasteiger partial charge in [-0.3, -0.25) is 4.79 Å². The van der Waals surface area contributed by atoms with Crippen molar-refractivity contribution in [1.82, 2.24) is 0 Å². The predicted molar refractivity (Wildman–Crippen MR) is 324 cm³/mol. The van der Waals surface area contributed by atoms with E-state index in [1.165, 1.54) is 23.6 Å². The van der Waals surface area contributed by atoms with Crippen LogP contribution in [0.5, 0.6) is 0 Å². The molecule has 8 heterocycles. The van der Waals surface area contributed by atoms with Crippen molar-refractivity contribution in [3.05, 3.63) is 60.8 Å². The zero-order valence-corrected chi connectivity index (χ0v) is 53.3. The van der Waals surface area contributed by atoms with Gasteiger partial charge in [0.15, 0.2) is 0 Å². The third kappa shape index (κ3) is 18.4. The van der Waals surface area contributed by atoms with Gasteiger partial charge in [-0.15, -0.1) is 0 Å². The normalized spacial score (nSPS) is 41.2. The highest BCUT2D eigenvalue weighted by Crippen LogP contribution is 2.46. The standard InChI is InChI=1S/C34H54O6.C30H50O5.C5H10O2/c1-9-11-28-22(5)18-32-34(40-28)25(8)24(7)31(39-32)19-30-23(6)20(3)16-26(38-30)12-14-29-21(4)17-27(37-29)13-15-33(35)36-10-2;1-8-9-25-19(4)14-29-30(35-25)22(7)21(6)28(34-29)15-27-20(5)17(2)12-23(32-27)10-11-26-18(3)13-24(16-31)33-26;1-3-5(6)7-4-2/h13,15,20,22,24-32,34H,4,6,9-12,14,16-19H2,1-3,5,7-8H3;17,19,21-31H,3,5,8-16H2,1-2,4,6-7H3;3-4H2,1-2H3/b15-13+;;/t20-,22-,24-,25-,26+,27+,28-,29?,30?,31+,32+,34+;17-,19-,21-,22-,23+,24-,25-,26?,27?,28+,29+,30+;/m11./s1. The second-order valence-corrected chi connectivity index (χ2v) is 26.3. The van der Waals surface area contributed by atoms with Gasteiger partial charge in [0.2, 0.25) is 0 Å². The van der Waals surface area contributed by atoms with Gasteiger partial charge < -0.3 is 52.5 Å². The van der Waals surface area contributed by atoms with Crippen molar-refractivity contribution in [3.8, 4) is 0 Å². The van der Waals surface area contributed by atoms with Gasteiger partial charge in [0.05, 0.1) is 117 Å². The van der Waals surface area contributed by atoms with Gasteiger partial charge in [-0.05, 0) is 160 Å². The van der Waals surface area contributed by atoms with Crippen LogP contribution in [0.1, 0.15) is 199 Å². The second kappa shape index (κ2) is 32.9. The van der Waals surface area contributed by atoms with Crippen molar-refractivity contribution in [2.24, 2.45) is 47.3 Å². The first kappa shape index (κ1) is 68.4. The Hall–Kier alpha value is -2.72. The van der Waals surface area contributed by atoms with Crippen molar-refractivity contribution in [3.63, 3.8) is 0 Å². The number of carbonyl (C=O) groups excluding carboxylic acids is 2. The Balaban J connectivity index is 0.000000238. The zero-order valence-electron chi connectivity index (χ0n) is 53.3. The van der Waals surface area contributed by atoms with Crippen LogP contribution in [0, 0.1) is 47.3 Å². The number of esters is 2. The van der Waals surface area contributed by atoms with Crippen molar-refractivity contribution in [1.29, 1.82) is 0 Å². The first-order valence-corrected chi connectivity index (χ1v) is 32.7. The smallest absolute Gasteiger partial charge is 0.330 e. The Morgan fingerprint density at radius 2 is 0.963 bits per heavy atom. The van der Waals surface area contributed by atoms with Gasteiger partial charge in [0, 0.05) is 31.8 Å². The van der Waals surface area contributed by atoms with Gasteiger partial charge >= 0.3 is 11.9 Å². The number of hydrogen-bond acceptors (Lipinski definition) is 13. The fraction of sp³-hybridized carbons (Fsp3) is 0.826. The highest BCUT2D eigenvalue weighted by molar-refractivity contribution is 5.82. The van der Waals surface area contributed by atoms with E-state index in [9.17, 15) is 14.7 Å². The maximum Gasteiger partial charge on any atom is 0.330 e. The first-order valence-electron chi connectivity index (χ1n) is 32.7. The summed E-state index contributed by atoms with van der Waals surface area (Å²) in [5.74, 6) is 3.22. The summed E-state index contributed by atoms with van der Waals surface area (Å²) in [6.45, 7) is 46.7. The Kier molecular flexibility index (Phi) is 27.4. The molecule has 8 saturated heterocycles. The van der Waals surface area contributed by atoms with E-state index in [-0.39, 0.29) is 104 Å². The summed E-state index contributed by atoms with van der Waals surface area (Å²) in [7, 11) is 0. The zero-order chi connectivity index (χ0) is 59.9. The number of hydrogen-bond donors (Lipinski definition) is 1. The molecule has 1 N–H and O–H groups in total. The average molecular weight is 1150 g/mol. The van der Waals surface area contributed by atoms with E-state index in [4.69, 9.17) is 42.6 Å². The summed E-state index contributed by atoms with van der Waals surface area (Å²) < 4.78 is 61.9. The fourth-order valence-corrected chi connectivity index (χ4v) is 14.4. The summed E-state index contributed by atoms with van der Waals surface area (Å²) in [6, 6.07) is 0. The van der Waals surface area contributed by atoms with E-state index in [2.05, 4.69) is 100 Å². The quantitative estimate of drug-likeness (QED) is 0.0701. The molecule has 8 aliphatic heterocycles. The molecule has 468 valence electrons. The molecule has 13 heteroatoms. The topological polar surface area (TPSA) is 147 Å². The lowest BCUT2D eigenvalue weighted by molar-refractivity contribution is -0.244. The minimum atomic E-state index is -0.330. The van der Waals surface area contributed by atoms with E-state index in [1.807, 2.05) is 0 Å². The molecule has 0 aromatic heterocycles. The summed E-state index contributed by atoms with van der Waals surface area (Å²) in [4.78, 5) is 21.8. The molecular formula is C69H114O13. The third-order valence-corrected chi connectivity index (χ3v) is 20.1. The number of aliphatic hydroxyl groups excluding tert-OH is 1.